The summed E-state index contributed by atoms with van der Waals surface area (Å²) in [6.45, 7) is 3.24. The van der Waals surface area contributed by atoms with E-state index < -0.39 is 15.8 Å². The van der Waals surface area contributed by atoms with Gasteiger partial charge in [0.1, 0.15) is 5.82 Å². The van der Waals surface area contributed by atoms with E-state index in [1.165, 1.54) is 12.1 Å². The number of anilines is 1. The predicted octanol–water partition coefficient (Wildman–Crippen LogP) is 2.06. The minimum Gasteiger partial charge on any atom is -0.339 e. The van der Waals surface area contributed by atoms with Crippen LogP contribution in [0.15, 0.2) is 53.4 Å². The van der Waals surface area contributed by atoms with Gasteiger partial charge in [-0.05, 0) is 66.6 Å². The first-order valence-corrected chi connectivity index (χ1v) is 10.8. The molecule has 0 saturated carbocycles. The van der Waals surface area contributed by atoms with Crippen LogP contribution in [0.2, 0.25) is 0 Å². The molecule has 0 amide bonds. The lowest BCUT2D eigenvalue weighted by Crippen LogP contribution is -2.45. The van der Waals surface area contributed by atoms with Crippen molar-refractivity contribution in [1.29, 1.82) is 0 Å². The van der Waals surface area contributed by atoms with Crippen molar-refractivity contribution < 1.29 is 12.8 Å². The molecule has 2 heterocycles. The molecule has 0 radical (unpaired) electrons. The highest BCUT2D eigenvalue weighted by molar-refractivity contribution is 7.89. The highest BCUT2D eigenvalue weighted by Gasteiger charge is 2.27. The fourth-order valence-electron chi connectivity index (χ4n) is 3.33. The minimum atomic E-state index is -3.68. The van der Waals surface area contributed by atoms with Gasteiger partial charge in [0.15, 0.2) is 0 Å². The molecular formula is C19H21FN6O2S. The molecule has 152 valence electrons. The van der Waals surface area contributed by atoms with Gasteiger partial charge in [0.2, 0.25) is 16.0 Å². The smallest absolute Gasteiger partial charge is 0.250 e. The number of hydrogen-bond donors (Lipinski definition) is 1. The van der Waals surface area contributed by atoms with E-state index in [0.29, 0.717) is 31.9 Å². The second-order valence-electron chi connectivity index (χ2n) is 7.06. The minimum absolute atomic E-state index is 0.0599. The van der Waals surface area contributed by atoms with E-state index in [4.69, 9.17) is 0 Å². The fraction of sp³-hybridized carbons (Fsp3) is 0.316. The Bertz CT molecular complexity index is 1070. The van der Waals surface area contributed by atoms with Gasteiger partial charge < -0.3 is 4.90 Å². The Morgan fingerprint density at radius 2 is 1.69 bits per heavy atom. The summed E-state index contributed by atoms with van der Waals surface area (Å²) in [5, 5.41) is 12.0. The van der Waals surface area contributed by atoms with Gasteiger partial charge >= 0.3 is 0 Å². The van der Waals surface area contributed by atoms with Crippen LogP contribution in [-0.2, 0) is 10.0 Å². The zero-order chi connectivity index (χ0) is 20.4. The molecule has 0 aliphatic carbocycles. The van der Waals surface area contributed by atoms with Crippen molar-refractivity contribution in [2.75, 3.05) is 18.0 Å². The van der Waals surface area contributed by atoms with Gasteiger partial charge in [0, 0.05) is 19.1 Å². The molecule has 1 aliphatic rings. The summed E-state index contributed by atoms with van der Waals surface area (Å²) >= 11 is 0. The quantitative estimate of drug-likeness (QED) is 0.684. The Morgan fingerprint density at radius 1 is 1.03 bits per heavy atom. The van der Waals surface area contributed by atoms with E-state index in [2.05, 4.69) is 20.2 Å². The fourth-order valence-corrected chi connectivity index (χ4v) is 4.64. The van der Waals surface area contributed by atoms with Crippen molar-refractivity contribution in [2.24, 2.45) is 0 Å². The number of nitrogens with zero attached hydrogens (tertiary/aromatic N) is 5. The predicted molar refractivity (Wildman–Crippen MR) is 106 cm³/mol. The zero-order valence-electron chi connectivity index (χ0n) is 15.9. The van der Waals surface area contributed by atoms with Crippen LogP contribution in [0.4, 0.5) is 10.3 Å². The zero-order valence-corrected chi connectivity index (χ0v) is 16.7. The molecule has 2 aromatic carbocycles. The maximum atomic E-state index is 13.0. The summed E-state index contributed by atoms with van der Waals surface area (Å²) in [7, 11) is -3.68. The van der Waals surface area contributed by atoms with Crippen molar-refractivity contribution in [1.82, 2.24) is 24.9 Å². The van der Waals surface area contributed by atoms with Crippen molar-refractivity contribution in [3.8, 4) is 5.69 Å². The van der Waals surface area contributed by atoms with Gasteiger partial charge in [0.25, 0.3) is 0 Å². The normalized spacial score (nSPS) is 15.6. The van der Waals surface area contributed by atoms with E-state index in [1.807, 2.05) is 36.1 Å². The third-order valence-electron chi connectivity index (χ3n) is 4.96. The molecule has 0 unspecified atom stereocenters. The Labute approximate surface area is 168 Å². The third kappa shape index (κ3) is 4.28. The van der Waals surface area contributed by atoms with Crippen LogP contribution < -0.4 is 9.62 Å². The molecule has 3 aromatic rings. The average Bonchev–Trinajstić information content (AvgIpc) is 3.19. The van der Waals surface area contributed by atoms with Gasteiger partial charge in [-0.3, -0.25) is 0 Å². The molecule has 1 fully saturated rings. The average molecular weight is 416 g/mol. The van der Waals surface area contributed by atoms with E-state index in [9.17, 15) is 12.8 Å². The van der Waals surface area contributed by atoms with Gasteiger partial charge in [-0.25, -0.2) is 17.5 Å². The third-order valence-corrected chi connectivity index (χ3v) is 6.49. The van der Waals surface area contributed by atoms with Gasteiger partial charge in [-0.2, -0.15) is 4.68 Å². The molecule has 1 aliphatic heterocycles. The van der Waals surface area contributed by atoms with Crippen molar-refractivity contribution in [2.45, 2.75) is 30.7 Å². The van der Waals surface area contributed by atoms with Crippen LogP contribution in [0, 0.1) is 12.7 Å². The van der Waals surface area contributed by atoms with Crippen LogP contribution in [0.3, 0.4) is 0 Å². The van der Waals surface area contributed by atoms with Gasteiger partial charge in [-0.15, -0.1) is 0 Å². The maximum absolute atomic E-state index is 13.0. The van der Waals surface area contributed by atoms with E-state index in [1.54, 1.807) is 4.68 Å². The molecule has 29 heavy (non-hydrogen) atoms. The standard InChI is InChI=1S/C19H21FN6O2S/c1-14-2-6-17(7-3-14)26-19(21-23-24-26)25-12-10-16(11-13-25)22-29(27,28)18-8-4-15(20)5-9-18/h2-9,16,22H,10-13H2,1H3. The van der Waals surface area contributed by atoms with Crippen LogP contribution in [-0.4, -0.2) is 47.8 Å². The van der Waals surface area contributed by atoms with E-state index in [0.717, 1.165) is 23.4 Å². The molecular weight excluding hydrogens is 395 g/mol. The molecule has 4 rings (SSSR count). The lowest BCUT2D eigenvalue weighted by molar-refractivity contribution is 0.454. The van der Waals surface area contributed by atoms with E-state index in [-0.39, 0.29) is 10.9 Å². The maximum Gasteiger partial charge on any atom is 0.250 e. The van der Waals surface area contributed by atoms with Crippen LogP contribution in [0.25, 0.3) is 5.69 Å². The number of tetrazole rings is 1. The van der Waals surface area contributed by atoms with Crippen LogP contribution in [0.1, 0.15) is 18.4 Å². The molecule has 10 heteroatoms. The summed E-state index contributed by atoms with van der Waals surface area (Å²) in [5.74, 6) is 0.164. The second-order valence-corrected chi connectivity index (χ2v) is 8.78. The molecule has 1 N–H and O–H groups in total. The molecule has 0 bridgehead atoms. The summed E-state index contributed by atoms with van der Waals surface area (Å²) in [5.41, 5.74) is 2.02. The summed E-state index contributed by atoms with van der Waals surface area (Å²) in [6.07, 6.45) is 1.22. The Hall–Kier alpha value is -2.85. The number of piperidine rings is 1. The number of hydrogen-bond acceptors (Lipinski definition) is 6. The molecule has 1 saturated heterocycles. The number of halogens is 1. The number of rotatable bonds is 5. The largest absolute Gasteiger partial charge is 0.339 e. The first kappa shape index (κ1) is 19.5. The molecule has 0 atom stereocenters. The second kappa shape index (κ2) is 7.88. The van der Waals surface area contributed by atoms with E-state index >= 15 is 0 Å². The van der Waals surface area contributed by atoms with Crippen molar-refractivity contribution in [3.63, 3.8) is 0 Å². The van der Waals surface area contributed by atoms with Crippen molar-refractivity contribution >= 4 is 16.0 Å². The summed E-state index contributed by atoms with van der Waals surface area (Å²) in [4.78, 5) is 2.10. The van der Waals surface area contributed by atoms with Crippen LogP contribution >= 0.6 is 0 Å². The molecule has 0 spiro atoms. The summed E-state index contributed by atoms with van der Waals surface area (Å²) in [6, 6.07) is 12.5. The molecule has 1 aromatic heterocycles. The highest BCUT2D eigenvalue weighted by atomic mass is 32.2. The molecule has 8 nitrogen and oxygen atoms in total. The lowest BCUT2D eigenvalue weighted by atomic mass is 10.1. The Kier molecular flexibility index (Phi) is 5.29. The topological polar surface area (TPSA) is 93.0 Å². The monoisotopic (exact) mass is 416 g/mol. The van der Waals surface area contributed by atoms with Crippen LogP contribution in [0.5, 0.6) is 0 Å². The Morgan fingerprint density at radius 3 is 2.34 bits per heavy atom. The van der Waals surface area contributed by atoms with Gasteiger partial charge in [0.05, 0.1) is 10.6 Å². The number of sulfonamides is 1. The number of benzene rings is 2. The lowest BCUT2D eigenvalue weighted by Gasteiger charge is -2.32. The van der Waals surface area contributed by atoms with Gasteiger partial charge in [-0.1, -0.05) is 22.8 Å². The SMILES string of the molecule is Cc1ccc(-n2nnnc2N2CCC(NS(=O)(=O)c3ccc(F)cc3)CC2)cc1. The first-order valence-electron chi connectivity index (χ1n) is 9.31. The number of nitrogens with one attached hydrogen (secondary N) is 1. The van der Waals surface area contributed by atoms with Crippen molar-refractivity contribution in [3.05, 3.63) is 59.9 Å². The summed E-state index contributed by atoms with van der Waals surface area (Å²) < 4.78 is 42.5. The number of aromatic nitrogens is 4. The Balaban J connectivity index is 1.42. The number of aryl methyl sites for hydroxylation is 1. The first-order chi connectivity index (χ1) is 13.9. The highest BCUT2D eigenvalue weighted by Crippen LogP contribution is 2.21.